The fourth-order valence-corrected chi connectivity index (χ4v) is 1.32. The monoisotopic (exact) mass is 196 g/mol. The third-order valence-electron chi connectivity index (χ3n) is 2.01. The molecule has 2 aliphatic heterocycles. The fraction of sp³-hybridized carbons (Fsp3) is 0.375. The molecule has 0 aromatic carbocycles. The van der Waals surface area contributed by atoms with Gasteiger partial charge in [-0.1, -0.05) is 0 Å². The molecule has 0 aromatic rings. The highest BCUT2D eigenvalue weighted by molar-refractivity contribution is 5.90. The molecule has 6 heteroatoms. The third-order valence-corrected chi connectivity index (χ3v) is 2.01. The minimum Gasteiger partial charge on any atom is -0.372 e. The van der Waals surface area contributed by atoms with Gasteiger partial charge in [0.05, 0.1) is 6.20 Å². The quantitative estimate of drug-likeness (QED) is 0.512. The Hall–Kier alpha value is -1.53. The lowest BCUT2D eigenvalue weighted by Crippen LogP contribution is -2.49. The molecule has 76 valence electrons. The van der Waals surface area contributed by atoms with Crippen molar-refractivity contribution in [1.29, 1.82) is 0 Å². The smallest absolute Gasteiger partial charge is 0.269 e. The van der Waals surface area contributed by atoms with E-state index in [4.69, 9.17) is 0 Å². The van der Waals surface area contributed by atoms with Crippen molar-refractivity contribution in [2.45, 2.75) is 20.1 Å². The van der Waals surface area contributed by atoms with E-state index >= 15 is 0 Å². The molecule has 0 bridgehead atoms. The van der Waals surface area contributed by atoms with Gasteiger partial charge in [0.1, 0.15) is 12.0 Å². The number of aliphatic hydroxyl groups excluding tert-OH is 1. The summed E-state index contributed by atoms with van der Waals surface area (Å²) >= 11 is 0. The van der Waals surface area contributed by atoms with Crippen molar-refractivity contribution < 1.29 is 9.90 Å². The number of fused-ring (bicyclic) bond motifs is 1. The summed E-state index contributed by atoms with van der Waals surface area (Å²) in [6, 6.07) is 0. The summed E-state index contributed by atoms with van der Waals surface area (Å²) in [5, 5.41) is 15.1. The molecule has 2 rings (SSSR count). The van der Waals surface area contributed by atoms with Crippen molar-refractivity contribution in [3.63, 3.8) is 0 Å². The molecule has 0 fully saturated rings. The summed E-state index contributed by atoms with van der Waals surface area (Å²) < 4.78 is 0. The number of carbonyl (C=O) groups is 1. The van der Waals surface area contributed by atoms with Crippen LogP contribution in [0, 0.1) is 0 Å². The van der Waals surface area contributed by atoms with E-state index in [1.807, 2.05) is 0 Å². The third kappa shape index (κ3) is 1.34. The summed E-state index contributed by atoms with van der Waals surface area (Å²) in [6.07, 6.45) is 2.43. The summed E-state index contributed by atoms with van der Waals surface area (Å²) in [5.41, 5.74) is 3.51. The average molecular weight is 196 g/mol. The molecule has 0 saturated heterocycles. The maximum absolute atomic E-state index is 11.5. The Morgan fingerprint density at radius 2 is 2.29 bits per heavy atom. The fourth-order valence-electron chi connectivity index (χ4n) is 1.32. The summed E-state index contributed by atoms with van der Waals surface area (Å²) in [7, 11) is 0. The molecule has 2 heterocycles. The maximum Gasteiger partial charge on any atom is 0.269 e. The van der Waals surface area contributed by atoms with Crippen LogP contribution in [0.5, 0.6) is 0 Å². The van der Waals surface area contributed by atoms with Crippen molar-refractivity contribution in [1.82, 2.24) is 20.9 Å². The zero-order valence-corrected chi connectivity index (χ0v) is 7.98. The van der Waals surface area contributed by atoms with Crippen molar-refractivity contribution in [2.24, 2.45) is 0 Å². The Morgan fingerprint density at radius 1 is 1.57 bits per heavy atom. The highest BCUT2D eigenvalue weighted by Crippen LogP contribution is 2.16. The maximum atomic E-state index is 11.5. The standard InChI is InChI=1S/C8H12N4O2/c1-5-3-8(14)12-7(9-5)4-11(10-12)6(2)13/h3-4,6,9-10,13H,1-2H3. The van der Waals surface area contributed by atoms with Crippen molar-refractivity contribution in [2.75, 3.05) is 0 Å². The number of amides is 1. The Labute approximate surface area is 81.4 Å². The van der Waals surface area contributed by atoms with Crippen LogP contribution in [0.15, 0.2) is 23.8 Å². The minimum absolute atomic E-state index is 0.157. The van der Waals surface area contributed by atoms with Gasteiger partial charge in [0.15, 0.2) is 0 Å². The van der Waals surface area contributed by atoms with Crippen LogP contribution in [0.25, 0.3) is 0 Å². The lowest BCUT2D eigenvalue weighted by Gasteiger charge is -2.26. The number of rotatable bonds is 1. The van der Waals surface area contributed by atoms with Crippen LogP contribution in [-0.2, 0) is 4.79 Å². The highest BCUT2D eigenvalue weighted by atomic mass is 16.3. The number of nitrogens with zero attached hydrogens (tertiary/aromatic N) is 2. The largest absolute Gasteiger partial charge is 0.372 e. The molecule has 0 saturated carbocycles. The van der Waals surface area contributed by atoms with E-state index < -0.39 is 6.23 Å². The number of aliphatic hydroxyl groups is 1. The Bertz CT molecular complexity index is 334. The SMILES string of the molecule is CC1=CC(=O)N2NN(C(C)O)C=C2N1. The molecule has 1 unspecified atom stereocenters. The van der Waals surface area contributed by atoms with E-state index in [1.54, 1.807) is 20.0 Å². The molecule has 0 spiro atoms. The van der Waals surface area contributed by atoms with Crippen molar-refractivity contribution in [3.8, 4) is 0 Å². The number of hydrazine groups is 2. The predicted octanol–water partition coefficient (Wildman–Crippen LogP) is -0.806. The predicted molar refractivity (Wildman–Crippen MR) is 48.5 cm³/mol. The second kappa shape index (κ2) is 3.00. The zero-order chi connectivity index (χ0) is 10.3. The van der Waals surface area contributed by atoms with Gasteiger partial charge in [0, 0.05) is 11.8 Å². The molecule has 14 heavy (non-hydrogen) atoms. The summed E-state index contributed by atoms with van der Waals surface area (Å²) in [5.74, 6) is 0.464. The summed E-state index contributed by atoms with van der Waals surface area (Å²) in [6.45, 7) is 3.41. The van der Waals surface area contributed by atoms with E-state index in [1.165, 1.54) is 16.1 Å². The number of allylic oxidation sites excluding steroid dienone is 1. The molecule has 1 atom stereocenters. The van der Waals surface area contributed by atoms with Crippen LogP contribution >= 0.6 is 0 Å². The molecule has 0 aromatic heterocycles. The van der Waals surface area contributed by atoms with Gasteiger partial charge in [-0.2, -0.15) is 0 Å². The molecule has 1 amide bonds. The number of carbonyl (C=O) groups excluding carboxylic acids is 1. The van der Waals surface area contributed by atoms with E-state index in [-0.39, 0.29) is 5.91 Å². The molecule has 3 N–H and O–H groups in total. The van der Waals surface area contributed by atoms with Crippen molar-refractivity contribution >= 4 is 5.91 Å². The second-order valence-electron chi connectivity index (χ2n) is 3.28. The number of nitrogens with one attached hydrogen (secondary N) is 2. The molecular weight excluding hydrogens is 184 g/mol. The lowest BCUT2D eigenvalue weighted by atomic mass is 10.3. The Morgan fingerprint density at radius 3 is 2.93 bits per heavy atom. The first-order chi connectivity index (χ1) is 6.58. The molecule has 0 radical (unpaired) electrons. The highest BCUT2D eigenvalue weighted by Gasteiger charge is 2.30. The van der Waals surface area contributed by atoms with E-state index in [2.05, 4.69) is 10.9 Å². The average Bonchev–Trinajstić information content (AvgIpc) is 2.47. The lowest BCUT2D eigenvalue weighted by molar-refractivity contribution is -0.132. The van der Waals surface area contributed by atoms with Crippen LogP contribution in [0.1, 0.15) is 13.8 Å². The molecule has 6 nitrogen and oxygen atoms in total. The van der Waals surface area contributed by atoms with Gasteiger partial charge in [0.25, 0.3) is 5.91 Å². The van der Waals surface area contributed by atoms with E-state index in [9.17, 15) is 9.90 Å². The Kier molecular flexibility index (Phi) is 1.94. The van der Waals surface area contributed by atoms with E-state index in [0.717, 1.165) is 5.70 Å². The van der Waals surface area contributed by atoms with Gasteiger partial charge in [-0.3, -0.25) is 9.80 Å². The van der Waals surface area contributed by atoms with Gasteiger partial charge >= 0.3 is 0 Å². The first kappa shape index (κ1) is 9.04. The molecule has 2 aliphatic rings. The minimum atomic E-state index is -0.692. The number of hydrogen-bond acceptors (Lipinski definition) is 5. The Balaban J connectivity index is 2.22. The van der Waals surface area contributed by atoms with Crippen LogP contribution in [0.4, 0.5) is 0 Å². The van der Waals surface area contributed by atoms with Crippen LogP contribution < -0.4 is 10.9 Å². The van der Waals surface area contributed by atoms with E-state index in [0.29, 0.717) is 5.82 Å². The zero-order valence-electron chi connectivity index (χ0n) is 7.98. The topological polar surface area (TPSA) is 67.8 Å². The number of hydrogen-bond donors (Lipinski definition) is 3. The molecule has 0 aliphatic carbocycles. The van der Waals surface area contributed by atoms with Crippen LogP contribution in [0.3, 0.4) is 0 Å². The van der Waals surface area contributed by atoms with Crippen LogP contribution in [-0.4, -0.2) is 27.3 Å². The normalized spacial score (nSPS) is 22.6. The van der Waals surface area contributed by atoms with Gasteiger partial charge in [0.2, 0.25) is 0 Å². The molecular formula is C8H12N4O2. The van der Waals surface area contributed by atoms with Gasteiger partial charge < -0.3 is 10.4 Å². The first-order valence-corrected chi connectivity index (χ1v) is 4.32. The van der Waals surface area contributed by atoms with Gasteiger partial charge in [-0.05, 0) is 13.8 Å². The summed E-state index contributed by atoms with van der Waals surface area (Å²) in [4.78, 5) is 11.5. The van der Waals surface area contributed by atoms with Crippen molar-refractivity contribution in [3.05, 3.63) is 23.8 Å². The van der Waals surface area contributed by atoms with Gasteiger partial charge in [-0.15, -0.1) is 5.53 Å². The van der Waals surface area contributed by atoms with Gasteiger partial charge in [-0.25, -0.2) is 5.01 Å². The van der Waals surface area contributed by atoms with Crippen LogP contribution in [0.2, 0.25) is 0 Å². The second-order valence-corrected chi connectivity index (χ2v) is 3.28. The first-order valence-electron chi connectivity index (χ1n) is 4.32.